The summed E-state index contributed by atoms with van der Waals surface area (Å²) in [5.74, 6) is -0.979. The second-order valence-electron chi connectivity index (χ2n) is 8.98. The number of benzene rings is 3. The Morgan fingerprint density at radius 1 is 0.917 bits per heavy atom. The van der Waals surface area contributed by atoms with Crippen LogP contribution in [0.1, 0.15) is 41.1 Å². The minimum absolute atomic E-state index is 0.0527. The van der Waals surface area contributed by atoms with Gasteiger partial charge in [-0.25, -0.2) is 13.6 Å². The maximum atomic E-state index is 14.0. The Hall–Kier alpha value is -4.33. The molecule has 0 bridgehead atoms. The van der Waals surface area contributed by atoms with Gasteiger partial charge in [-0.3, -0.25) is 4.90 Å². The van der Waals surface area contributed by atoms with E-state index in [1.165, 1.54) is 4.90 Å². The summed E-state index contributed by atoms with van der Waals surface area (Å²) in [7, 11) is 0. The number of nitrogens with zero attached hydrogens (tertiary/aromatic N) is 3. The van der Waals surface area contributed by atoms with Gasteiger partial charge in [0.2, 0.25) is 5.82 Å². The largest absolute Gasteiger partial charge is 0.334 e. The zero-order chi connectivity index (χ0) is 25.6. The highest BCUT2D eigenvalue weighted by Crippen LogP contribution is 2.39. The van der Waals surface area contributed by atoms with Crippen LogP contribution in [0.15, 0.2) is 70.9 Å². The number of amides is 2. The molecule has 0 spiro atoms. The van der Waals surface area contributed by atoms with Gasteiger partial charge in [0, 0.05) is 17.3 Å². The van der Waals surface area contributed by atoms with Crippen molar-refractivity contribution in [3.63, 3.8) is 0 Å². The quantitative estimate of drug-likeness (QED) is 0.351. The fourth-order valence-corrected chi connectivity index (χ4v) is 4.43. The minimum Gasteiger partial charge on any atom is -0.334 e. The van der Waals surface area contributed by atoms with Crippen molar-refractivity contribution in [3.8, 4) is 11.4 Å². The number of hydrogen-bond donors (Lipinski definition) is 1. The van der Waals surface area contributed by atoms with Crippen molar-refractivity contribution in [2.45, 2.75) is 33.7 Å². The van der Waals surface area contributed by atoms with Gasteiger partial charge in [-0.15, -0.1) is 0 Å². The molecule has 1 aliphatic heterocycles. The van der Waals surface area contributed by atoms with Crippen LogP contribution >= 0.6 is 0 Å². The molecule has 6 nitrogen and oxygen atoms in total. The monoisotopic (exact) mass is 486 g/mol. The highest BCUT2D eigenvalue weighted by Gasteiger charge is 2.37. The molecule has 1 N–H and O–H groups in total. The molecule has 8 heteroatoms. The summed E-state index contributed by atoms with van der Waals surface area (Å²) >= 11 is 0. The highest BCUT2D eigenvalue weighted by molar-refractivity contribution is 6.01. The molecular weight excluding hydrogens is 462 g/mol. The normalized spacial score (nSPS) is 15.9. The smallest absolute Gasteiger partial charge is 0.327 e. The molecule has 1 aliphatic rings. The number of carbonyl (C=O) groups is 1. The first-order chi connectivity index (χ1) is 17.2. The van der Waals surface area contributed by atoms with Gasteiger partial charge in [0.25, 0.3) is 5.89 Å². The van der Waals surface area contributed by atoms with Crippen LogP contribution in [0.5, 0.6) is 0 Å². The van der Waals surface area contributed by atoms with Crippen molar-refractivity contribution in [3.05, 3.63) is 106 Å². The van der Waals surface area contributed by atoms with Crippen molar-refractivity contribution < 1.29 is 18.1 Å². The van der Waals surface area contributed by atoms with Gasteiger partial charge in [0.15, 0.2) is 0 Å². The molecule has 1 aromatic heterocycles. The molecular formula is C28H24F2N4O2. The van der Waals surface area contributed by atoms with Crippen LogP contribution in [0.25, 0.3) is 17.0 Å². The van der Waals surface area contributed by atoms with E-state index in [0.29, 0.717) is 17.1 Å². The summed E-state index contributed by atoms with van der Waals surface area (Å²) in [4.78, 5) is 19.1. The molecule has 182 valence electrons. The molecule has 0 saturated heterocycles. The van der Waals surface area contributed by atoms with Gasteiger partial charge in [0.05, 0.1) is 17.3 Å². The number of aromatic nitrogens is 2. The average molecular weight is 487 g/mol. The van der Waals surface area contributed by atoms with Crippen LogP contribution in [-0.4, -0.2) is 16.2 Å². The third-order valence-corrected chi connectivity index (χ3v) is 6.39. The van der Waals surface area contributed by atoms with E-state index in [2.05, 4.69) is 15.5 Å². The topological polar surface area (TPSA) is 71.3 Å². The maximum absolute atomic E-state index is 14.0. The summed E-state index contributed by atoms with van der Waals surface area (Å²) in [6, 6.07) is 15.4. The van der Waals surface area contributed by atoms with Gasteiger partial charge in [-0.05, 0) is 62.6 Å². The average Bonchev–Trinajstić information content (AvgIpc) is 3.30. The van der Waals surface area contributed by atoms with Gasteiger partial charge < -0.3 is 9.84 Å². The molecule has 1 unspecified atom stereocenters. The predicted octanol–water partition coefficient (Wildman–Crippen LogP) is 6.64. The van der Waals surface area contributed by atoms with Crippen LogP contribution in [-0.2, 0) is 0 Å². The second kappa shape index (κ2) is 9.03. The number of hydrogen-bond acceptors (Lipinski definition) is 4. The molecule has 5 rings (SSSR count). The predicted molar refractivity (Wildman–Crippen MR) is 133 cm³/mol. The highest BCUT2D eigenvalue weighted by atomic mass is 19.1. The number of urea groups is 1. The zero-order valence-electron chi connectivity index (χ0n) is 20.3. The number of nitrogens with one attached hydrogen (secondary N) is 1. The number of halogens is 2. The minimum atomic E-state index is -0.789. The number of aryl methyl sites for hydroxylation is 3. The van der Waals surface area contributed by atoms with E-state index >= 15 is 0 Å². The van der Waals surface area contributed by atoms with Gasteiger partial charge in [0.1, 0.15) is 11.6 Å². The summed E-state index contributed by atoms with van der Waals surface area (Å²) in [6.45, 7) is 7.66. The lowest BCUT2D eigenvalue weighted by atomic mass is 9.92. The van der Waals surface area contributed by atoms with E-state index in [1.54, 1.807) is 6.92 Å². The van der Waals surface area contributed by atoms with Gasteiger partial charge in [-0.2, -0.15) is 4.98 Å². The summed E-state index contributed by atoms with van der Waals surface area (Å²) in [6.07, 6.45) is 0. The lowest BCUT2D eigenvalue weighted by Crippen LogP contribution is -2.46. The molecule has 36 heavy (non-hydrogen) atoms. The number of rotatable bonds is 4. The first kappa shape index (κ1) is 23.4. The van der Waals surface area contributed by atoms with E-state index in [4.69, 9.17) is 4.52 Å². The second-order valence-corrected chi connectivity index (χ2v) is 8.98. The Labute approximate surface area is 207 Å². The number of carbonyl (C=O) groups excluding carboxylic acids is 1. The van der Waals surface area contributed by atoms with E-state index in [9.17, 15) is 13.6 Å². The summed E-state index contributed by atoms with van der Waals surface area (Å²) < 4.78 is 33.8. The van der Waals surface area contributed by atoms with Crippen molar-refractivity contribution >= 4 is 17.3 Å². The molecule has 0 aliphatic carbocycles. The number of anilines is 1. The molecule has 4 aromatic rings. The van der Waals surface area contributed by atoms with Gasteiger partial charge >= 0.3 is 6.03 Å². The molecule has 2 amide bonds. The van der Waals surface area contributed by atoms with Crippen LogP contribution in [0.3, 0.4) is 0 Å². The van der Waals surface area contributed by atoms with Crippen molar-refractivity contribution in [1.29, 1.82) is 0 Å². The number of allylic oxidation sites excluding steroid dienone is 1. The lowest BCUT2D eigenvalue weighted by molar-refractivity contribution is 0.244. The van der Waals surface area contributed by atoms with Crippen LogP contribution in [0, 0.1) is 32.4 Å². The molecule has 1 atom stereocenters. The maximum Gasteiger partial charge on any atom is 0.327 e. The Bertz CT molecular complexity index is 1510. The van der Waals surface area contributed by atoms with E-state index < -0.39 is 23.7 Å². The fraction of sp³-hybridized carbons (Fsp3) is 0.179. The van der Waals surface area contributed by atoms with Crippen molar-refractivity contribution in [1.82, 2.24) is 15.5 Å². The Balaban J connectivity index is 1.69. The van der Waals surface area contributed by atoms with Crippen LogP contribution in [0.4, 0.5) is 19.3 Å². The van der Waals surface area contributed by atoms with Crippen LogP contribution < -0.4 is 10.2 Å². The van der Waals surface area contributed by atoms with Crippen molar-refractivity contribution in [2.24, 2.45) is 0 Å². The fourth-order valence-electron chi connectivity index (χ4n) is 4.43. The van der Waals surface area contributed by atoms with Crippen LogP contribution in [0.2, 0.25) is 0 Å². The molecule has 0 saturated carbocycles. The Morgan fingerprint density at radius 3 is 2.36 bits per heavy atom. The van der Waals surface area contributed by atoms with Crippen molar-refractivity contribution in [2.75, 3.05) is 4.90 Å². The zero-order valence-corrected chi connectivity index (χ0v) is 20.3. The summed E-state index contributed by atoms with van der Waals surface area (Å²) in [5.41, 5.74) is 5.83. The molecule has 3 aromatic carbocycles. The third-order valence-electron chi connectivity index (χ3n) is 6.39. The van der Waals surface area contributed by atoms with E-state index in [0.717, 1.165) is 46.0 Å². The first-order valence-corrected chi connectivity index (χ1v) is 11.5. The van der Waals surface area contributed by atoms with Gasteiger partial charge in [-0.1, -0.05) is 47.1 Å². The Kier molecular flexibility index (Phi) is 5.88. The SMILES string of the molecule is CC1=C(c2nc(-c3cccc(C)c3)no2)C(c2ccc(C)c(C)c2)NC(=O)N1c1cc(F)cc(F)c1. The Morgan fingerprint density at radius 2 is 1.67 bits per heavy atom. The molecule has 0 fully saturated rings. The molecule has 2 heterocycles. The summed E-state index contributed by atoms with van der Waals surface area (Å²) in [5, 5.41) is 7.13. The first-order valence-electron chi connectivity index (χ1n) is 11.5. The van der Waals surface area contributed by atoms with E-state index in [-0.39, 0.29) is 11.6 Å². The lowest BCUT2D eigenvalue weighted by Gasteiger charge is -2.35. The molecule has 0 radical (unpaired) electrons. The van der Waals surface area contributed by atoms with E-state index in [1.807, 2.05) is 63.2 Å². The third kappa shape index (κ3) is 4.26. The standard InChI is InChI=1S/C28H24F2N4O2/c1-15-6-5-7-20(10-15)26-32-27(36-33-26)24-18(4)34(23-13-21(29)12-22(30)14-23)28(35)31-25(24)19-9-8-16(2)17(3)11-19/h5-14,25H,1-4H3,(H,31,35).